The van der Waals surface area contributed by atoms with Crippen molar-refractivity contribution in [2.75, 3.05) is 6.54 Å². The highest BCUT2D eigenvalue weighted by molar-refractivity contribution is 7.12. The van der Waals surface area contributed by atoms with E-state index in [2.05, 4.69) is 5.32 Å². The van der Waals surface area contributed by atoms with Crippen molar-refractivity contribution < 1.29 is 14.0 Å². The summed E-state index contributed by atoms with van der Waals surface area (Å²) in [6.07, 6.45) is 3.14. The number of hydrogen-bond donors (Lipinski definition) is 1. The van der Waals surface area contributed by atoms with E-state index in [9.17, 15) is 9.59 Å². The van der Waals surface area contributed by atoms with Gasteiger partial charge in [-0.15, -0.1) is 11.3 Å². The van der Waals surface area contributed by atoms with Gasteiger partial charge in [-0.05, 0) is 36.4 Å². The lowest BCUT2D eigenvalue weighted by Crippen LogP contribution is -2.45. The number of nitrogens with one attached hydrogen (secondary N) is 1. The second-order valence-electron chi connectivity index (χ2n) is 4.93. The molecule has 3 heterocycles. The number of carbonyl (C=O) groups is 2. The van der Waals surface area contributed by atoms with Crippen molar-refractivity contribution >= 4 is 23.2 Å². The number of likely N-dealkylation sites (tertiary alicyclic amines) is 1. The number of amides is 2. The summed E-state index contributed by atoms with van der Waals surface area (Å²) < 4.78 is 5.19. The third-order valence-corrected chi connectivity index (χ3v) is 4.42. The number of hydrogen-bond acceptors (Lipinski definition) is 4. The van der Waals surface area contributed by atoms with E-state index in [1.54, 1.807) is 23.3 Å². The molecule has 0 aliphatic carbocycles. The Balaban J connectivity index is 1.63. The van der Waals surface area contributed by atoms with E-state index in [1.165, 1.54) is 11.3 Å². The molecule has 1 atom stereocenters. The van der Waals surface area contributed by atoms with Gasteiger partial charge in [-0.2, -0.15) is 0 Å². The standard InChI is InChI=1S/C15H16N2O3S/c18-14(16-10-11-4-2-8-20-11)12-5-1-7-17(12)15(19)13-6-3-9-21-13/h2-4,6,8-9,12H,1,5,7,10H2,(H,16,18)/t12-/m1/s1. The van der Waals surface area contributed by atoms with E-state index in [-0.39, 0.29) is 17.9 Å². The number of carbonyl (C=O) groups excluding carboxylic acids is 2. The largest absolute Gasteiger partial charge is 0.467 e. The highest BCUT2D eigenvalue weighted by atomic mass is 32.1. The zero-order valence-corrected chi connectivity index (χ0v) is 12.3. The number of rotatable bonds is 4. The second kappa shape index (κ2) is 6.13. The van der Waals surface area contributed by atoms with Gasteiger partial charge >= 0.3 is 0 Å². The summed E-state index contributed by atoms with van der Waals surface area (Å²) in [5.41, 5.74) is 0. The molecule has 0 bridgehead atoms. The van der Waals surface area contributed by atoms with Crippen LogP contribution in [-0.4, -0.2) is 29.3 Å². The van der Waals surface area contributed by atoms with Crippen molar-refractivity contribution in [2.24, 2.45) is 0 Å². The molecule has 2 amide bonds. The molecular weight excluding hydrogens is 288 g/mol. The maximum Gasteiger partial charge on any atom is 0.264 e. The summed E-state index contributed by atoms with van der Waals surface area (Å²) >= 11 is 1.41. The van der Waals surface area contributed by atoms with Gasteiger partial charge in [0.1, 0.15) is 11.8 Å². The summed E-state index contributed by atoms with van der Waals surface area (Å²) in [7, 11) is 0. The monoisotopic (exact) mass is 304 g/mol. The van der Waals surface area contributed by atoms with Gasteiger partial charge in [0.2, 0.25) is 5.91 Å². The number of thiophene rings is 1. The first kappa shape index (κ1) is 13.9. The fourth-order valence-corrected chi connectivity index (χ4v) is 3.21. The number of furan rings is 1. The minimum atomic E-state index is -0.380. The van der Waals surface area contributed by atoms with Crippen molar-refractivity contribution in [3.63, 3.8) is 0 Å². The lowest BCUT2D eigenvalue weighted by molar-refractivity contribution is -0.125. The molecule has 21 heavy (non-hydrogen) atoms. The fraction of sp³-hybridized carbons (Fsp3) is 0.333. The Hall–Kier alpha value is -2.08. The number of nitrogens with zero attached hydrogens (tertiary/aromatic N) is 1. The average Bonchev–Trinajstić information content (AvgIpc) is 3.26. The zero-order valence-electron chi connectivity index (χ0n) is 11.5. The molecule has 0 spiro atoms. The molecule has 0 radical (unpaired) electrons. The topological polar surface area (TPSA) is 62.6 Å². The van der Waals surface area contributed by atoms with Crippen LogP contribution in [0.2, 0.25) is 0 Å². The van der Waals surface area contributed by atoms with Crippen LogP contribution < -0.4 is 5.32 Å². The molecule has 0 saturated carbocycles. The summed E-state index contributed by atoms with van der Waals surface area (Å²) in [6.45, 7) is 0.985. The normalized spacial score (nSPS) is 17.9. The quantitative estimate of drug-likeness (QED) is 0.942. The van der Waals surface area contributed by atoms with Gasteiger partial charge in [-0.25, -0.2) is 0 Å². The Kier molecular flexibility index (Phi) is 4.06. The average molecular weight is 304 g/mol. The van der Waals surface area contributed by atoms with Crippen molar-refractivity contribution in [3.05, 3.63) is 46.5 Å². The highest BCUT2D eigenvalue weighted by Crippen LogP contribution is 2.22. The molecule has 0 unspecified atom stereocenters. The summed E-state index contributed by atoms with van der Waals surface area (Å²) in [5.74, 6) is 0.534. The van der Waals surface area contributed by atoms with Crippen LogP contribution in [0.3, 0.4) is 0 Å². The molecule has 1 N–H and O–H groups in total. The molecule has 1 saturated heterocycles. The maximum atomic E-state index is 12.4. The van der Waals surface area contributed by atoms with Crippen LogP contribution in [0, 0.1) is 0 Å². The van der Waals surface area contributed by atoms with E-state index >= 15 is 0 Å². The van der Waals surface area contributed by atoms with Crippen molar-refractivity contribution in [1.29, 1.82) is 0 Å². The van der Waals surface area contributed by atoms with Crippen LogP contribution in [0.1, 0.15) is 28.3 Å². The molecule has 1 aliphatic heterocycles. The van der Waals surface area contributed by atoms with Crippen molar-refractivity contribution in [1.82, 2.24) is 10.2 Å². The molecule has 110 valence electrons. The first-order chi connectivity index (χ1) is 10.3. The molecule has 1 fully saturated rings. The summed E-state index contributed by atoms with van der Waals surface area (Å²) in [4.78, 5) is 27.0. The SMILES string of the molecule is O=C(NCc1ccco1)[C@H]1CCCN1C(=O)c1cccs1. The third kappa shape index (κ3) is 3.00. The van der Waals surface area contributed by atoms with Gasteiger partial charge in [-0.3, -0.25) is 9.59 Å². The predicted molar refractivity (Wildman–Crippen MR) is 78.9 cm³/mol. The van der Waals surface area contributed by atoms with Crippen LogP contribution in [-0.2, 0) is 11.3 Å². The van der Waals surface area contributed by atoms with E-state index in [4.69, 9.17) is 4.42 Å². The van der Waals surface area contributed by atoms with E-state index in [0.717, 1.165) is 6.42 Å². The lowest BCUT2D eigenvalue weighted by Gasteiger charge is -2.23. The molecule has 1 aliphatic rings. The minimum absolute atomic E-state index is 0.0550. The first-order valence-corrected chi connectivity index (χ1v) is 7.78. The molecular formula is C15H16N2O3S. The molecule has 2 aromatic heterocycles. The maximum absolute atomic E-state index is 12.4. The zero-order chi connectivity index (χ0) is 14.7. The Bertz CT molecular complexity index is 607. The Morgan fingerprint density at radius 1 is 1.38 bits per heavy atom. The molecule has 5 nitrogen and oxygen atoms in total. The van der Waals surface area contributed by atoms with Crippen LogP contribution in [0.25, 0.3) is 0 Å². The Labute approximate surface area is 126 Å². The van der Waals surface area contributed by atoms with E-state index in [1.807, 2.05) is 17.5 Å². The fourth-order valence-electron chi connectivity index (χ4n) is 2.53. The molecule has 3 rings (SSSR count). The van der Waals surface area contributed by atoms with E-state index in [0.29, 0.717) is 30.1 Å². The van der Waals surface area contributed by atoms with Gasteiger partial charge in [0.15, 0.2) is 0 Å². The van der Waals surface area contributed by atoms with Crippen LogP contribution in [0.5, 0.6) is 0 Å². The Morgan fingerprint density at radius 3 is 3.00 bits per heavy atom. The Morgan fingerprint density at radius 2 is 2.29 bits per heavy atom. The lowest BCUT2D eigenvalue weighted by atomic mass is 10.2. The summed E-state index contributed by atoms with van der Waals surface area (Å²) in [6, 6.07) is 6.85. The van der Waals surface area contributed by atoms with Gasteiger partial charge in [-0.1, -0.05) is 6.07 Å². The molecule has 2 aromatic rings. The smallest absolute Gasteiger partial charge is 0.264 e. The van der Waals surface area contributed by atoms with Crippen LogP contribution in [0.15, 0.2) is 40.3 Å². The van der Waals surface area contributed by atoms with Crippen molar-refractivity contribution in [2.45, 2.75) is 25.4 Å². The third-order valence-electron chi connectivity index (χ3n) is 3.57. The highest BCUT2D eigenvalue weighted by Gasteiger charge is 2.34. The van der Waals surface area contributed by atoms with Gasteiger partial charge in [0.05, 0.1) is 17.7 Å². The predicted octanol–water partition coefficient (Wildman–Crippen LogP) is 2.26. The first-order valence-electron chi connectivity index (χ1n) is 6.90. The van der Waals surface area contributed by atoms with Crippen LogP contribution >= 0.6 is 11.3 Å². The van der Waals surface area contributed by atoms with Crippen molar-refractivity contribution in [3.8, 4) is 0 Å². The van der Waals surface area contributed by atoms with Gasteiger partial charge in [0.25, 0.3) is 5.91 Å². The minimum Gasteiger partial charge on any atom is -0.467 e. The van der Waals surface area contributed by atoms with Crippen LogP contribution in [0.4, 0.5) is 0 Å². The molecule has 6 heteroatoms. The summed E-state index contributed by atoms with van der Waals surface area (Å²) in [5, 5.41) is 4.70. The molecule has 0 aromatic carbocycles. The van der Waals surface area contributed by atoms with Gasteiger partial charge < -0.3 is 14.6 Å². The van der Waals surface area contributed by atoms with E-state index < -0.39 is 0 Å². The van der Waals surface area contributed by atoms with Gasteiger partial charge in [0, 0.05) is 6.54 Å². The second-order valence-corrected chi connectivity index (χ2v) is 5.88.